The number of benzene rings is 1. The number of piperazine rings is 1. The first-order valence-corrected chi connectivity index (χ1v) is 8.19. The molecule has 0 aliphatic carbocycles. The molecule has 0 bridgehead atoms. The van der Waals surface area contributed by atoms with Crippen molar-refractivity contribution in [2.45, 2.75) is 32.7 Å². The van der Waals surface area contributed by atoms with E-state index in [0.717, 1.165) is 32.6 Å². The van der Waals surface area contributed by atoms with E-state index in [1.165, 1.54) is 15.7 Å². The third kappa shape index (κ3) is 3.74. The zero-order chi connectivity index (χ0) is 14.8. The molecule has 0 saturated carbocycles. The topological polar surface area (TPSA) is 32.5 Å². The van der Waals surface area contributed by atoms with Gasteiger partial charge in [0.2, 0.25) is 0 Å². The number of rotatable bonds is 3. The highest BCUT2D eigenvalue weighted by molar-refractivity contribution is 9.10. The molecular weight excluding hydrogens is 314 g/mol. The van der Waals surface area contributed by atoms with Crippen molar-refractivity contribution in [2.75, 3.05) is 37.6 Å². The first-order valence-electron chi connectivity index (χ1n) is 7.40. The minimum atomic E-state index is 0.272. The van der Waals surface area contributed by atoms with Crippen molar-refractivity contribution < 1.29 is 0 Å². The van der Waals surface area contributed by atoms with E-state index in [1.807, 2.05) is 0 Å². The molecule has 0 aromatic heterocycles. The highest BCUT2D eigenvalue weighted by atomic mass is 79.9. The van der Waals surface area contributed by atoms with Crippen molar-refractivity contribution >= 4 is 21.6 Å². The van der Waals surface area contributed by atoms with Crippen LogP contribution in [0.15, 0.2) is 22.7 Å². The number of hydrogen-bond acceptors (Lipinski definition) is 3. The molecule has 1 fully saturated rings. The molecule has 1 aromatic carbocycles. The third-order valence-corrected chi connectivity index (χ3v) is 4.65. The Labute approximate surface area is 131 Å². The Balaban J connectivity index is 2.03. The van der Waals surface area contributed by atoms with Crippen LogP contribution in [0.1, 0.15) is 26.3 Å². The van der Waals surface area contributed by atoms with Gasteiger partial charge in [0.1, 0.15) is 0 Å². The molecule has 2 rings (SSSR count). The number of nitrogens with two attached hydrogens (primary N) is 1. The van der Waals surface area contributed by atoms with Gasteiger partial charge in [-0.25, -0.2) is 0 Å². The van der Waals surface area contributed by atoms with Crippen LogP contribution >= 0.6 is 15.9 Å². The summed E-state index contributed by atoms with van der Waals surface area (Å²) in [5.74, 6) is 0. The van der Waals surface area contributed by atoms with Crippen LogP contribution in [-0.4, -0.2) is 43.2 Å². The van der Waals surface area contributed by atoms with Crippen molar-refractivity contribution in [3.05, 3.63) is 28.2 Å². The summed E-state index contributed by atoms with van der Waals surface area (Å²) >= 11 is 3.71. The van der Waals surface area contributed by atoms with E-state index >= 15 is 0 Å². The van der Waals surface area contributed by atoms with Gasteiger partial charge in [0.05, 0.1) is 5.69 Å². The van der Waals surface area contributed by atoms with Gasteiger partial charge in [-0.2, -0.15) is 0 Å². The fraction of sp³-hybridized carbons (Fsp3) is 0.625. The van der Waals surface area contributed by atoms with Crippen molar-refractivity contribution in [3.63, 3.8) is 0 Å². The van der Waals surface area contributed by atoms with E-state index in [0.29, 0.717) is 6.54 Å². The summed E-state index contributed by atoms with van der Waals surface area (Å²) in [5, 5.41) is 0. The predicted molar refractivity (Wildman–Crippen MR) is 90.4 cm³/mol. The van der Waals surface area contributed by atoms with Gasteiger partial charge in [-0.3, -0.25) is 4.90 Å². The minimum absolute atomic E-state index is 0.272. The fourth-order valence-corrected chi connectivity index (χ4v) is 3.42. The summed E-state index contributed by atoms with van der Waals surface area (Å²) in [7, 11) is 0. The van der Waals surface area contributed by atoms with E-state index in [-0.39, 0.29) is 5.54 Å². The summed E-state index contributed by atoms with van der Waals surface area (Å²) in [6, 6.07) is 6.63. The smallest absolute Gasteiger partial charge is 0.0511 e. The van der Waals surface area contributed by atoms with Gasteiger partial charge < -0.3 is 10.6 Å². The van der Waals surface area contributed by atoms with Crippen molar-refractivity contribution in [2.24, 2.45) is 5.73 Å². The molecule has 1 aromatic rings. The first-order chi connectivity index (χ1) is 9.41. The van der Waals surface area contributed by atoms with Crippen LogP contribution in [0.25, 0.3) is 0 Å². The maximum atomic E-state index is 5.62. The molecule has 4 heteroatoms. The van der Waals surface area contributed by atoms with Crippen LogP contribution in [0.3, 0.4) is 0 Å². The molecule has 0 spiro atoms. The number of nitrogens with zero attached hydrogens (tertiary/aromatic N) is 2. The third-order valence-electron chi connectivity index (χ3n) is 4.01. The minimum Gasteiger partial charge on any atom is -0.368 e. The van der Waals surface area contributed by atoms with Gasteiger partial charge in [-0.15, -0.1) is 0 Å². The average molecular weight is 340 g/mol. The standard InChI is InChI=1S/C16H26BrN3/c1-16(2,3)20-10-8-19(9-11-20)15-5-4-13(6-7-18)12-14(15)17/h4-5,12H,6-11,18H2,1-3H3. The lowest BCUT2D eigenvalue weighted by atomic mass is 10.0. The van der Waals surface area contributed by atoms with Crippen LogP contribution in [-0.2, 0) is 6.42 Å². The largest absolute Gasteiger partial charge is 0.368 e. The van der Waals surface area contributed by atoms with Gasteiger partial charge in [-0.05, 0) is 67.4 Å². The van der Waals surface area contributed by atoms with Gasteiger partial charge in [0, 0.05) is 36.2 Å². The monoisotopic (exact) mass is 339 g/mol. The number of halogens is 1. The number of hydrogen-bond donors (Lipinski definition) is 1. The zero-order valence-electron chi connectivity index (χ0n) is 12.8. The normalized spacial score (nSPS) is 17.6. The van der Waals surface area contributed by atoms with Gasteiger partial charge in [0.25, 0.3) is 0 Å². The molecule has 2 N–H and O–H groups in total. The van der Waals surface area contributed by atoms with Crippen molar-refractivity contribution in [3.8, 4) is 0 Å². The molecule has 1 aliphatic rings. The number of anilines is 1. The fourth-order valence-electron chi connectivity index (χ4n) is 2.75. The lowest BCUT2D eigenvalue weighted by molar-refractivity contribution is 0.128. The SMILES string of the molecule is CC(C)(C)N1CCN(c2ccc(CCN)cc2Br)CC1. The molecule has 20 heavy (non-hydrogen) atoms. The average Bonchev–Trinajstić information content (AvgIpc) is 2.38. The Hall–Kier alpha value is -0.580. The summed E-state index contributed by atoms with van der Waals surface area (Å²) < 4.78 is 1.19. The highest BCUT2D eigenvalue weighted by Gasteiger charge is 2.26. The van der Waals surface area contributed by atoms with Crippen LogP contribution in [0.4, 0.5) is 5.69 Å². The molecule has 3 nitrogen and oxygen atoms in total. The first kappa shape index (κ1) is 15.8. The Morgan fingerprint density at radius 3 is 2.30 bits per heavy atom. The second kappa shape index (κ2) is 6.46. The maximum Gasteiger partial charge on any atom is 0.0511 e. The van der Waals surface area contributed by atoms with Crippen molar-refractivity contribution in [1.29, 1.82) is 0 Å². The lowest BCUT2D eigenvalue weighted by Crippen LogP contribution is -2.53. The lowest BCUT2D eigenvalue weighted by Gasteiger charge is -2.43. The molecule has 0 atom stereocenters. The Kier molecular flexibility index (Phi) is 5.10. The Bertz CT molecular complexity index is 446. The molecule has 1 saturated heterocycles. The molecule has 0 radical (unpaired) electrons. The van der Waals surface area contributed by atoms with Gasteiger partial charge in [-0.1, -0.05) is 6.07 Å². The molecule has 0 unspecified atom stereocenters. The Morgan fingerprint density at radius 2 is 1.80 bits per heavy atom. The van der Waals surface area contributed by atoms with Crippen LogP contribution in [0, 0.1) is 0 Å². The second-order valence-corrected chi connectivity index (χ2v) is 7.32. The highest BCUT2D eigenvalue weighted by Crippen LogP contribution is 2.29. The van der Waals surface area contributed by atoms with Gasteiger partial charge in [0.15, 0.2) is 0 Å². The summed E-state index contributed by atoms with van der Waals surface area (Å²) in [4.78, 5) is 5.03. The van der Waals surface area contributed by atoms with E-state index in [4.69, 9.17) is 5.73 Å². The quantitative estimate of drug-likeness (QED) is 0.918. The Morgan fingerprint density at radius 1 is 1.15 bits per heavy atom. The van der Waals surface area contributed by atoms with E-state index in [2.05, 4.69) is 64.7 Å². The molecule has 0 amide bonds. The zero-order valence-corrected chi connectivity index (χ0v) is 14.4. The predicted octanol–water partition coefficient (Wildman–Crippen LogP) is 2.87. The molecule has 1 heterocycles. The van der Waals surface area contributed by atoms with E-state index in [1.54, 1.807) is 0 Å². The van der Waals surface area contributed by atoms with Crippen LogP contribution in [0.5, 0.6) is 0 Å². The molecule has 1 aliphatic heterocycles. The van der Waals surface area contributed by atoms with Crippen LogP contribution < -0.4 is 10.6 Å². The summed E-state index contributed by atoms with van der Waals surface area (Å²) in [6.45, 7) is 12.0. The van der Waals surface area contributed by atoms with Crippen molar-refractivity contribution in [1.82, 2.24) is 4.90 Å². The maximum absolute atomic E-state index is 5.62. The molecule has 112 valence electrons. The van der Waals surface area contributed by atoms with E-state index in [9.17, 15) is 0 Å². The van der Waals surface area contributed by atoms with Crippen LogP contribution in [0.2, 0.25) is 0 Å². The van der Waals surface area contributed by atoms with E-state index < -0.39 is 0 Å². The van der Waals surface area contributed by atoms with Gasteiger partial charge >= 0.3 is 0 Å². The summed E-state index contributed by atoms with van der Waals surface area (Å²) in [6.07, 6.45) is 0.941. The molecular formula is C16H26BrN3. The summed E-state index contributed by atoms with van der Waals surface area (Å²) in [5.41, 5.74) is 8.50. The second-order valence-electron chi connectivity index (χ2n) is 6.47.